The second-order valence-electron chi connectivity index (χ2n) is 14.8. The molecule has 8 atom stereocenters. The number of fused-ring (bicyclic) bond motifs is 4. The Labute approximate surface area is 220 Å². The van der Waals surface area contributed by atoms with Gasteiger partial charge in [-0.3, -0.25) is 9.59 Å². The topological polar surface area (TPSA) is 63.6 Å². The SMILES string of the molecule is CC(=O)OC1CCC2(C)C3=C(C(O)CC2C1(C)C)C1(C)CCC(C(C)CCCC(C)C)C1(C)CC3=O. The van der Waals surface area contributed by atoms with Gasteiger partial charge in [-0.1, -0.05) is 74.7 Å². The molecule has 0 heterocycles. The predicted molar refractivity (Wildman–Crippen MR) is 144 cm³/mol. The highest BCUT2D eigenvalue weighted by Gasteiger charge is 2.67. The van der Waals surface area contributed by atoms with E-state index in [1.807, 2.05) is 0 Å². The predicted octanol–water partition coefficient (Wildman–Crippen LogP) is 7.28. The molecule has 1 N–H and O–H groups in total. The zero-order valence-electron chi connectivity index (χ0n) is 24.5. The molecule has 0 aliphatic heterocycles. The molecule has 0 aromatic carbocycles. The molecule has 0 aromatic heterocycles. The molecule has 4 rings (SSSR count). The summed E-state index contributed by atoms with van der Waals surface area (Å²) in [5.74, 6) is 1.97. The summed E-state index contributed by atoms with van der Waals surface area (Å²) < 4.78 is 5.77. The fourth-order valence-electron chi connectivity index (χ4n) is 9.83. The first-order chi connectivity index (χ1) is 16.6. The van der Waals surface area contributed by atoms with Gasteiger partial charge in [0.1, 0.15) is 6.10 Å². The molecule has 0 saturated heterocycles. The largest absolute Gasteiger partial charge is 0.462 e. The van der Waals surface area contributed by atoms with Crippen LogP contribution in [0.3, 0.4) is 0 Å². The highest BCUT2D eigenvalue weighted by Crippen LogP contribution is 2.71. The average Bonchev–Trinajstić information content (AvgIpc) is 3.02. The summed E-state index contributed by atoms with van der Waals surface area (Å²) in [5, 5.41) is 11.8. The van der Waals surface area contributed by atoms with E-state index in [4.69, 9.17) is 4.74 Å². The number of rotatable bonds is 6. The quantitative estimate of drug-likeness (QED) is 0.389. The third-order valence-electron chi connectivity index (χ3n) is 11.9. The van der Waals surface area contributed by atoms with Crippen molar-refractivity contribution in [3.05, 3.63) is 11.1 Å². The van der Waals surface area contributed by atoms with E-state index in [1.54, 1.807) is 0 Å². The lowest BCUT2D eigenvalue weighted by molar-refractivity contribution is -0.170. The lowest BCUT2D eigenvalue weighted by Crippen LogP contribution is -2.60. The van der Waals surface area contributed by atoms with Crippen LogP contribution in [0.2, 0.25) is 0 Å². The Hall–Kier alpha value is -1.16. The number of aliphatic hydroxyl groups excluding tert-OH is 1. The average molecular weight is 501 g/mol. The number of carbonyl (C=O) groups excluding carboxylic acids is 2. The molecule has 36 heavy (non-hydrogen) atoms. The molecule has 0 amide bonds. The van der Waals surface area contributed by atoms with E-state index in [0.29, 0.717) is 24.7 Å². The highest BCUT2D eigenvalue weighted by molar-refractivity contribution is 6.00. The zero-order chi connectivity index (χ0) is 26.8. The lowest BCUT2D eigenvalue weighted by atomic mass is 9.42. The number of ether oxygens (including phenoxy) is 1. The van der Waals surface area contributed by atoms with Crippen molar-refractivity contribution in [2.24, 2.45) is 45.3 Å². The zero-order valence-corrected chi connectivity index (χ0v) is 24.5. The maximum atomic E-state index is 14.2. The number of ketones is 1. The number of esters is 1. The molecule has 0 spiro atoms. The van der Waals surface area contributed by atoms with Crippen molar-refractivity contribution in [2.45, 2.75) is 132 Å². The van der Waals surface area contributed by atoms with Gasteiger partial charge in [-0.25, -0.2) is 0 Å². The molecule has 204 valence electrons. The minimum atomic E-state index is -0.600. The van der Waals surface area contributed by atoms with Crippen molar-refractivity contribution in [1.82, 2.24) is 0 Å². The standard InChI is InChI=1S/C32H52O4/c1-19(2)11-10-12-20(3)22-13-16-31(8)28-23(34)17-25-29(5,6)26(36-21(4)33)14-15-30(25,7)27(28)24(35)18-32(22,31)9/h19-20,22-23,25-26,34H,10-18H2,1-9H3. The molecular weight excluding hydrogens is 448 g/mol. The van der Waals surface area contributed by atoms with Gasteiger partial charge in [0.25, 0.3) is 0 Å². The maximum Gasteiger partial charge on any atom is 0.302 e. The van der Waals surface area contributed by atoms with Crippen molar-refractivity contribution in [1.29, 1.82) is 0 Å². The van der Waals surface area contributed by atoms with Crippen LogP contribution in [-0.2, 0) is 14.3 Å². The van der Waals surface area contributed by atoms with Crippen molar-refractivity contribution in [2.75, 3.05) is 0 Å². The van der Waals surface area contributed by atoms with E-state index in [0.717, 1.165) is 42.7 Å². The van der Waals surface area contributed by atoms with Gasteiger partial charge in [-0.15, -0.1) is 0 Å². The Kier molecular flexibility index (Phi) is 7.15. The normalized spacial score (nSPS) is 42.6. The fourth-order valence-corrected chi connectivity index (χ4v) is 9.83. The number of hydrogen-bond acceptors (Lipinski definition) is 4. The number of Topliss-reactive ketones (excluding diaryl/α,β-unsaturated/α-hetero) is 1. The van der Waals surface area contributed by atoms with Crippen LogP contribution in [0.25, 0.3) is 0 Å². The Morgan fingerprint density at radius 1 is 1.06 bits per heavy atom. The third kappa shape index (κ3) is 4.03. The van der Waals surface area contributed by atoms with Gasteiger partial charge in [0.2, 0.25) is 0 Å². The van der Waals surface area contributed by atoms with E-state index < -0.39 is 6.10 Å². The molecular formula is C32H52O4. The van der Waals surface area contributed by atoms with Crippen LogP contribution in [0, 0.1) is 45.3 Å². The van der Waals surface area contributed by atoms with Crippen LogP contribution >= 0.6 is 0 Å². The van der Waals surface area contributed by atoms with Crippen LogP contribution in [-0.4, -0.2) is 29.1 Å². The fraction of sp³-hybridized carbons (Fsp3) is 0.875. The Morgan fingerprint density at radius 2 is 1.72 bits per heavy atom. The monoisotopic (exact) mass is 500 g/mol. The molecule has 0 bridgehead atoms. The summed E-state index contributed by atoms with van der Waals surface area (Å²) in [6.45, 7) is 19.8. The molecule has 4 aliphatic rings. The highest BCUT2D eigenvalue weighted by atomic mass is 16.5. The summed E-state index contributed by atoms with van der Waals surface area (Å²) >= 11 is 0. The smallest absolute Gasteiger partial charge is 0.302 e. The van der Waals surface area contributed by atoms with E-state index in [9.17, 15) is 14.7 Å². The Morgan fingerprint density at radius 3 is 2.33 bits per heavy atom. The van der Waals surface area contributed by atoms with Crippen molar-refractivity contribution in [3.63, 3.8) is 0 Å². The summed E-state index contributed by atoms with van der Waals surface area (Å²) in [5.41, 5.74) is 1.21. The third-order valence-corrected chi connectivity index (χ3v) is 11.9. The second-order valence-corrected chi connectivity index (χ2v) is 14.8. The van der Waals surface area contributed by atoms with Crippen LogP contribution in [0.4, 0.5) is 0 Å². The van der Waals surface area contributed by atoms with Gasteiger partial charge in [0.05, 0.1) is 6.10 Å². The molecule has 8 unspecified atom stereocenters. The summed E-state index contributed by atoms with van der Waals surface area (Å²) in [4.78, 5) is 26.0. The first-order valence-corrected chi connectivity index (χ1v) is 14.7. The van der Waals surface area contributed by atoms with Gasteiger partial charge in [-0.2, -0.15) is 0 Å². The van der Waals surface area contributed by atoms with Gasteiger partial charge in [0, 0.05) is 24.3 Å². The minimum absolute atomic E-state index is 0.0981. The van der Waals surface area contributed by atoms with E-state index in [1.165, 1.54) is 26.2 Å². The number of hydrogen-bond donors (Lipinski definition) is 1. The summed E-state index contributed by atoms with van der Waals surface area (Å²) in [6, 6.07) is 0. The molecule has 2 fully saturated rings. The van der Waals surface area contributed by atoms with Gasteiger partial charge >= 0.3 is 5.97 Å². The second kappa shape index (κ2) is 9.24. The molecule has 2 saturated carbocycles. The maximum absolute atomic E-state index is 14.2. The molecule has 4 nitrogen and oxygen atoms in total. The minimum Gasteiger partial charge on any atom is -0.462 e. The van der Waals surface area contributed by atoms with E-state index in [2.05, 4.69) is 55.4 Å². The first kappa shape index (κ1) is 27.9. The number of allylic oxidation sites excluding steroid dienone is 1. The molecule has 0 aromatic rings. The van der Waals surface area contributed by atoms with Crippen LogP contribution in [0.5, 0.6) is 0 Å². The van der Waals surface area contributed by atoms with Crippen molar-refractivity contribution in [3.8, 4) is 0 Å². The summed E-state index contributed by atoms with van der Waals surface area (Å²) in [7, 11) is 0. The molecule has 4 aliphatic carbocycles. The van der Waals surface area contributed by atoms with Crippen LogP contribution in [0.1, 0.15) is 120 Å². The lowest BCUT2D eigenvalue weighted by Gasteiger charge is -2.62. The Bertz CT molecular complexity index is 930. The number of aliphatic hydroxyl groups is 1. The van der Waals surface area contributed by atoms with Gasteiger partial charge in [0.15, 0.2) is 5.78 Å². The van der Waals surface area contributed by atoms with Crippen molar-refractivity contribution >= 4 is 11.8 Å². The molecule has 4 heteroatoms. The van der Waals surface area contributed by atoms with Gasteiger partial charge < -0.3 is 9.84 Å². The number of carbonyl (C=O) groups is 2. The van der Waals surface area contributed by atoms with Crippen LogP contribution < -0.4 is 0 Å². The Balaban J connectivity index is 1.71. The van der Waals surface area contributed by atoms with Crippen LogP contribution in [0.15, 0.2) is 11.1 Å². The van der Waals surface area contributed by atoms with E-state index >= 15 is 0 Å². The van der Waals surface area contributed by atoms with Gasteiger partial charge in [-0.05, 0) is 77.6 Å². The first-order valence-electron chi connectivity index (χ1n) is 14.7. The van der Waals surface area contributed by atoms with E-state index in [-0.39, 0.29) is 45.4 Å². The summed E-state index contributed by atoms with van der Waals surface area (Å²) in [6.07, 6.45) is 8.02. The van der Waals surface area contributed by atoms with Crippen molar-refractivity contribution < 1.29 is 19.4 Å². The molecule has 0 radical (unpaired) electrons.